The van der Waals surface area contributed by atoms with E-state index in [1.54, 1.807) is 61.3 Å². The van der Waals surface area contributed by atoms with Gasteiger partial charge in [-0.25, -0.2) is 0 Å². The molecule has 0 radical (unpaired) electrons. The number of rotatable bonds is 16. The Kier molecular flexibility index (Phi) is 16.2. The molecule has 6 amide bonds. The maximum atomic E-state index is 14.8. The van der Waals surface area contributed by atoms with Gasteiger partial charge in [-0.2, -0.15) is 0 Å². The second-order valence-electron chi connectivity index (χ2n) is 23.6. The fourth-order valence-corrected chi connectivity index (χ4v) is 16.3. The Labute approximate surface area is 456 Å². The lowest BCUT2D eigenvalue weighted by molar-refractivity contribution is -0.146. The Morgan fingerprint density at radius 1 is 0.579 bits per heavy atom. The highest BCUT2D eigenvalue weighted by atomic mass is 32.2. The third-order valence-electron chi connectivity index (χ3n) is 17.0. The van der Waals surface area contributed by atoms with Crippen LogP contribution in [0.25, 0.3) is 0 Å². The molecule has 0 aromatic heterocycles. The van der Waals surface area contributed by atoms with Gasteiger partial charge in [0.1, 0.15) is 24.2 Å². The molecule has 4 heterocycles. The van der Waals surface area contributed by atoms with Crippen LogP contribution in [0.4, 0.5) is 0 Å². The van der Waals surface area contributed by atoms with Crippen LogP contribution >= 0.6 is 23.5 Å². The van der Waals surface area contributed by atoms with Crippen molar-refractivity contribution in [1.29, 1.82) is 0 Å². The molecule has 2 aliphatic carbocycles. The van der Waals surface area contributed by atoms with Gasteiger partial charge in [0.15, 0.2) is 0 Å². The lowest BCUT2D eigenvalue weighted by Gasteiger charge is -2.38. The quantitative estimate of drug-likeness (QED) is 0.107. The van der Waals surface area contributed by atoms with E-state index in [9.17, 15) is 28.8 Å². The molecule has 4 aliphatic heterocycles. The highest BCUT2D eigenvalue weighted by Gasteiger charge is 2.62. The third kappa shape index (κ3) is 10.9. The molecule has 6 aliphatic rings. The van der Waals surface area contributed by atoms with Crippen molar-refractivity contribution in [3.05, 3.63) is 106 Å². The number of carbonyl (C=O) groups excluding carboxylic acids is 6. The minimum absolute atomic E-state index is 0.233. The van der Waals surface area contributed by atoms with E-state index >= 15 is 0 Å². The van der Waals surface area contributed by atoms with E-state index in [0.29, 0.717) is 63.2 Å². The van der Waals surface area contributed by atoms with E-state index in [2.05, 4.69) is 44.0 Å². The summed E-state index contributed by atoms with van der Waals surface area (Å²) in [5, 5.41) is 18.6. The van der Waals surface area contributed by atoms with Crippen LogP contribution in [0.2, 0.25) is 0 Å². The molecule has 3 aromatic rings. The number of nitrogens with zero attached hydrogens (tertiary/aromatic N) is 2. The molecule has 0 saturated carbocycles. The van der Waals surface area contributed by atoms with E-state index < -0.39 is 68.9 Å². The first-order valence-electron chi connectivity index (χ1n) is 27.0. The van der Waals surface area contributed by atoms with Crippen LogP contribution in [0.15, 0.2) is 72.8 Å². The average molecular weight is 1080 g/mol. The number of hydrogen-bond donors (Lipinski definition) is 6. The van der Waals surface area contributed by atoms with Crippen LogP contribution in [0.1, 0.15) is 127 Å². The maximum absolute atomic E-state index is 14.8. The second kappa shape index (κ2) is 22.0. The molecule has 12 atom stereocenters. The molecule has 0 spiro atoms. The Morgan fingerprint density at radius 3 is 1.32 bits per heavy atom. The summed E-state index contributed by atoms with van der Waals surface area (Å²) in [6, 6.07) is 19.4. The summed E-state index contributed by atoms with van der Waals surface area (Å²) >= 11 is 3.35. The first-order chi connectivity index (χ1) is 36.1. The highest BCUT2D eigenvalue weighted by molar-refractivity contribution is 8.00. The number of ether oxygens (including phenoxy) is 2. The molecule has 4 saturated heterocycles. The van der Waals surface area contributed by atoms with Crippen molar-refractivity contribution in [2.24, 2.45) is 10.8 Å². The molecule has 0 unspecified atom stereocenters. The minimum Gasteiger partial charge on any atom is -0.371 e. The van der Waals surface area contributed by atoms with Crippen molar-refractivity contribution in [2.75, 3.05) is 25.6 Å². The summed E-state index contributed by atoms with van der Waals surface area (Å²) < 4.78 is 13.4. The zero-order valence-corrected chi connectivity index (χ0v) is 47.4. The Hall–Kier alpha value is -4.98. The van der Waals surface area contributed by atoms with Crippen molar-refractivity contribution < 1.29 is 38.2 Å². The van der Waals surface area contributed by atoms with E-state index in [0.717, 1.165) is 33.4 Å². The molecule has 0 bridgehead atoms. The van der Waals surface area contributed by atoms with Crippen molar-refractivity contribution in [3.8, 4) is 0 Å². The van der Waals surface area contributed by atoms with E-state index in [-0.39, 0.29) is 47.7 Å². The molecular weight excluding hydrogens is 1000 g/mol. The van der Waals surface area contributed by atoms with Gasteiger partial charge in [-0.3, -0.25) is 28.8 Å². The van der Waals surface area contributed by atoms with Crippen LogP contribution in [-0.4, -0.2) is 129 Å². The smallest absolute Gasteiger partial charge is 0.246 e. The largest absolute Gasteiger partial charge is 0.371 e. The highest BCUT2D eigenvalue weighted by Crippen LogP contribution is 2.55. The summed E-state index contributed by atoms with van der Waals surface area (Å²) in [4.78, 5) is 86.9. The molecule has 76 heavy (non-hydrogen) atoms. The van der Waals surface area contributed by atoms with Crippen LogP contribution in [-0.2, 0) is 64.3 Å². The molecule has 3 aromatic carbocycles. The minimum atomic E-state index is -0.771. The predicted molar refractivity (Wildman–Crippen MR) is 296 cm³/mol. The number of nitrogens with one attached hydrogen (secondary N) is 6. The van der Waals surface area contributed by atoms with Gasteiger partial charge >= 0.3 is 0 Å². The Bertz CT molecular complexity index is 2530. The number of fused-ring (bicyclic) bond motifs is 4. The Morgan fingerprint density at radius 2 is 0.947 bits per heavy atom. The standard InChI is InChI=1S/C58H78N8O8S2/c1-33(59-9)49(67)61-41-23-25-75-57(7)31-55(3,4)47(65(57)53(41)71)51(69)63-45-39-17-13-11-15-37(39)27-43(45)73-29-35-19-21-36(22-20-35)30-74-44-28-38-16-12-14-18-40(38)46(44)64-52(70)48-56(5,6)32-58(8)66(48)54(72)42(24-26-76-58)62-50(68)34(2)60-10/h11-22,33-34,41-48,59-60H,23-32H2,1-10H3,(H,61,67)(H,62,68)(H,63,69)(H,64,70)/t33-,34-,41-,42-,43+,44+,45-,46-,47+,48+,57-,58-/m0/s1. The van der Waals surface area contributed by atoms with Crippen LogP contribution < -0.4 is 31.9 Å². The van der Waals surface area contributed by atoms with Gasteiger partial charge in [0, 0.05) is 12.8 Å². The molecule has 18 heteroatoms. The fraction of sp³-hybridized carbons (Fsp3) is 0.586. The lowest BCUT2D eigenvalue weighted by atomic mass is 9.83. The zero-order valence-electron chi connectivity index (χ0n) is 45.7. The summed E-state index contributed by atoms with van der Waals surface area (Å²) in [5.41, 5.74) is 4.98. The first kappa shape index (κ1) is 55.8. The number of likely N-dealkylation sites (N-methyl/N-ethyl adjacent to an activating group) is 2. The molecular formula is C58H78N8O8S2. The van der Waals surface area contributed by atoms with Crippen molar-refractivity contribution in [1.82, 2.24) is 41.7 Å². The maximum Gasteiger partial charge on any atom is 0.246 e. The number of carbonyl (C=O) groups is 6. The van der Waals surface area contributed by atoms with Crippen molar-refractivity contribution in [3.63, 3.8) is 0 Å². The zero-order chi connectivity index (χ0) is 54.5. The number of benzene rings is 3. The molecule has 9 rings (SSSR count). The van der Waals surface area contributed by atoms with Gasteiger partial charge in [-0.1, -0.05) is 100 Å². The van der Waals surface area contributed by atoms with Gasteiger partial charge in [0.2, 0.25) is 35.4 Å². The van der Waals surface area contributed by atoms with Crippen LogP contribution in [0.5, 0.6) is 0 Å². The van der Waals surface area contributed by atoms with E-state index in [1.807, 2.05) is 102 Å². The van der Waals surface area contributed by atoms with E-state index in [1.165, 1.54) is 0 Å². The van der Waals surface area contributed by atoms with Gasteiger partial charge < -0.3 is 51.2 Å². The van der Waals surface area contributed by atoms with Gasteiger partial charge in [0.25, 0.3) is 0 Å². The molecule has 16 nitrogen and oxygen atoms in total. The number of amides is 6. The van der Waals surface area contributed by atoms with Crippen molar-refractivity contribution in [2.45, 2.75) is 177 Å². The topological polar surface area (TPSA) is 200 Å². The second-order valence-corrected chi connectivity index (χ2v) is 26.8. The summed E-state index contributed by atoms with van der Waals surface area (Å²) in [5.74, 6) is -0.112. The fourth-order valence-electron chi connectivity index (χ4n) is 13.1. The predicted octanol–water partition coefficient (Wildman–Crippen LogP) is 5.43. The molecule has 410 valence electrons. The van der Waals surface area contributed by atoms with Gasteiger partial charge in [-0.15, -0.1) is 23.5 Å². The SMILES string of the molecule is CN[C@@H](C)C(=O)N[C@H]1CCS[C@@]2(C)CC(C)(C)[C@@H](C(=O)N[C@H]3c4ccccc4C[C@H]3OCc3ccc(CO[C@@H]4Cc5ccccc5[C@@H]4NC(=O)[C@H]4N5C(=O)[C@@H](NC(=O)[C@H](C)NC)CCS[C@@]5(C)CC4(C)C)cc3)N2C1=O. The molecule has 4 fully saturated rings. The monoisotopic (exact) mass is 1080 g/mol. The first-order valence-corrected chi connectivity index (χ1v) is 29.0. The van der Waals surface area contributed by atoms with Crippen LogP contribution in [0.3, 0.4) is 0 Å². The number of thioether (sulfide) groups is 2. The Balaban J connectivity index is 0.854. The third-order valence-corrected chi connectivity index (χ3v) is 19.8. The van der Waals surface area contributed by atoms with Crippen molar-refractivity contribution >= 4 is 59.0 Å². The van der Waals surface area contributed by atoms with Gasteiger partial charge in [-0.05, 0) is 123 Å². The summed E-state index contributed by atoms with van der Waals surface area (Å²) in [6.45, 7) is 16.4. The number of hydrogen-bond acceptors (Lipinski definition) is 12. The lowest BCUT2D eigenvalue weighted by Crippen LogP contribution is -2.60. The average Bonchev–Trinajstić information content (AvgIpc) is 4.06. The normalized spacial score (nSPS) is 31.0. The summed E-state index contributed by atoms with van der Waals surface area (Å²) in [6.07, 6.45) is 2.69. The molecule has 6 N–H and O–H groups in total. The van der Waals surface area contributed by atoms with Gasteiger partial charge in [0.05, 0.1) is 59.3 Å². The van der Waals surface area contributed by atoms with Crippen LogP contribution in [0, 0.1) is 10.8 Å². The van der Waals surface area contributed by atoms with E-state index in [4.69, 9.17) is 9.47 Å². The summed E-state index contributed by atoms with van der Waals surface area (Å²) in [7, 11) is 3.41.